The van der Waals surface area contributed by atoms with Gasteiger partial charge in [-0.3, -0.25) is 14.5 Å². The third kappa shape index (κ3) is 1.58. The van der Waals surface area contributed by atoms with Gasteiger partial charge in [-0.25, -0.2) is 0 Å². The highest BCUT2D eigenvalue weighted by atomic mass is 35.5. The highest BCUT2D eigenvalue weighted by Gasteiger charge is 2.73. The quantitative estimate of drug-likeness (QED) is 0.729. The Morgan fingerprint density at radius 1 is 1.40 bits per heavy atom. The predicted octanol–water partition coefficient (Wildman–Crippen LogP) is 1.15. The average molecular weight is 360 g/mol. The first-order valence-electron chi connectivity index (χ1n) is 8.40. The van der Waals surface area contributed by atoms with Crippen LogP contribution >= 0.6 is 11.6 Å². The summed E-state index contributed by atoms with van der Waals surface area (Å²) >= 11 is 6.23. The monoisotopic (exact) mass is 359 g/mol. The van der Waals surface area contributed by atoms with E-state index >= 15 is 0 Å². The topological polar surface area (TPSA) is 72.9 Å². The Kier molecular flexibility index (Phi) is 2.85. The molecule has 0 bridgehead atoms. The Hall–Kier alpha value is -1.89. The molecule has 4 heterocycles. The number of hydrogen-bond acceptors (Lipinski definition) is 4. The summed E-state index contributed by atoms with van der Waals surface area (Å²) in [6, 6.07) is 5.16. The van der Waals surface area contributed by atoms with Crippen molar-refractivity contribution in [1.82, 2.24) is 9.80 Å². The van der Waals surface area contributed by atoms with Crippen molar-refractivity contribution in [3.63, 3.8) is 0 Å². The highest BCUT2D eigenvalue weighted by molar-refractivity contribution is 6.31. The summed E-state index contributed by atoms with van der Waals surface area (Å²) in [5, 5.41) is 13.8. The largest absolute Gasteiger partial charge is 0.392 e. The number of aliphatic hydroxyl groups excluding tert-OH is 1. The fraction of sp³-hybridized carbons (Fsp3) is 0.444. The number of hydrogen-bond donors (Lipinski definition) is 2. The highest BCUT2D eigenvalue weighted by Crippen LogP contribution is 2.62. The first kappa shape index (κ1) is 15.4. The molecule has 6 nitrogen and oxygen atoms in total. The molecular formula is C18H18ClN3O3. The van der Waals surface area contributed by atoms with Crippen LogP contribution in [0, 0.1) is 11.8 Å². The van der Waals surface area contributed by atoms with Crippen molar-refractivity contribution in [2.75, 3.05) is 18.9 Å². The maximum atomic E-state index is 13.3. The molecule has 0 saturated carbocycles. The normalized spacial score (nSPS) is 39.2. The van der Waals surface area contributed by atoms with Gasteiger partial charge in [0.25, 0.3) is 0 Å². The summed E-state index contributed by atoms with van der Waals surface area (Å²) in [6.07, 6.45) is -0.0651. The van der Waals surface area contributed by atoms with Gasteiger partial charge in [-0.15, -0.1) is 0 Å². The van der Waals surface area contributed by atoms with Crippen molar-refractivity contribution in [3.05, 3.63) is 41.1 Å². The molecule has 2 N–H and O–H groups in total. The van der Waals surface area contributed by atoms with E-state index in [2.05, 4.69) is 11.9 Å². The lowest BCUT2D eigenvalue weighted by Gasteiger charge is -2.37. The van der Waals surface area contributed by atoms with Crippen LogP contribution in [-0.4, -0.2) is 52.5 Å². The third-order valence-electron chi connectivity index (χ3n) is 6.39. The maximum absolute atomic E-state index is 13.3. The van der Waals surface area contributed by atoms with Crippen LogP contribution in [0.2, 0.25) is 5.02 Å². The fourth-order valence-corrected chi connectivity index (χ4v) is 5.63. The van der Waals surface area contributed by atoms with Crippen molar-refractivity contribution in [2.45, 2.75) is 24.1 Å². The zero-order valence-corrected chi connectivity index (χ0v) is 14.5. The summed E-state index contributed by atoms with van der Waals surface area (Å²) in [5.74, 6) is -0.910. The molecule has 130 valence electrons. The van der Waals surface area contributed by atoms with Gasteiger partial charge in [-0.05, 0) is 24.6 Å². The van der Waals surface area contributed by atoms with Crippen LogP contribution in [0.3, 0.4) is 0 Å². The number of nitrogens with zero attached hydrogens (tertiary/aromatic N) is 2. The number of anilines is 1. The first-order valence-corrected chi connectivity index (χ1v) is 8.77. The second-order valence-corrected chi connectivity index (χ2v) is 7.85. The van der Waals surface area contributed by atoms with Gasteiger partial charge < -0.3 is 15.3 Å². The van der Waals surface area contributed by atoms with E-state index in [4.69, 9.17) is 11.6 Å². The number of halogens is 1. The predicted molar refractivity (Wildman–Crippen MR) is 91.8 cm³/mol. The van der Waals surface area contributed by atoms with Crippen LogP contribution in [0.25, 0.3) is 0 Å². The summed E-state index contributed by atoms with van der Waals surface area (Å²) in [7, 11) is 1.71. The van der Waals surface area contributed by atoms with Gasteiger partial charge in [0, 0.05) is 47.5 Å². The van der Waals surface area contributed by atoms with Gasteiger partial charge in [0.1, 0.15) is 5.54 Å². The number of fused-ring (bicyclic) bond motifs is 7. The number of benzene rings is 1. The van der Waals surface area contributed by atoms with Crippen LogP contribution < -0.4 is 5.32 Å². The number of carbonyl (C=O) groups excluding carboxylic acids is 2. The van der Waals surface area contributed by atoms with Crippen molar-refractivity contribution in [1.29, 1.82) is 0 Å². The Labute approximate surface area is 150 Å². The van der Waals surface area contributed by atoms with Crippen molar-refractivity contribution >= 4 is 29.1 Å². The lowest BCUT2D eigenvalue weighted by Crippen LogP contribution is -2.52. The molecule has 4 aliphatic rings. The molecule has 0 unspecified atom stereocenters. The Morgan fingerprint density at radius 3 is 2.92 bits per heavy atom. The standard InChI is InChI=1S/C18H18ClN3O3/c1-8-15-14(16(24)21(8)2)13-6-10(23)7-22(13)18(15)11-5-9(19)3-4-12(11)20-17(18)25/h3-5,10,13-15,23H,1,6-7H2,2H3,(H,20,25)/t10-,13+,14-,15-,18-/m0/s1. The lowest BCUT2D eigenvalue weighted by atomic mass is 9.74. The number of nitrogens with one attached hydrogen (secondary N) is 1. The molecule has 0 aliphatic carbocycles. The summed E-state index contributed by atoms with van der Waals surface area (Å²) in [4.78, 5) is 29.7. The van der Waals surface area contributed by atoms with Gasteiger partial charge in [0.15, 0.2) is 0 Å². The number of aliphatic hydroxyl groups is 1. The minimum absolute atomic E-state index is 0.0285. The Bertz CT molecular complexity index is 856. The third-order valence-corrected chi connectivity index (χ3v) is 6.63. The van der Waals surface area contributed by atoms with Gasteiger partial charge in [0.05, 0.1) is 12.0 Å². The molecule has 2 amide bonds. The molecular weight excluding hydrogens is 342 g/mol. The van der Waals surface area contributed by atoms with E-state index in [1.54, 1.807) is 30.1 Å². The second kappa shape index (κ2) is 4.63. The average Bonchev–Trinajstić information content (AvgIpc) is 3.21. The minimum Gasteiger partial charge on any atom is -0.392 e. The molecule has 7 heteroatoms. The van der Waals surface area contributed by atoms with E-state index in [9.17, 15) is 14.7 Å². The number of amides is 2. The SMILES string of the molecule is C=C1[C@H]2[C@@H](C(=O)N1C)[C@H]1C[C@H](O)CN1[C@]21C(=O)Nc2ccc(Cl)cc21. The summed E-state index contributed by atoms with van der Waals surface area (Å²) in [6.45, 7) is 4.49. The van der Waals surface area contributed by atoms with Crippen LogP contribution in [-0.2, 0) is 15.1 Å². The summed E-state index contributed by atoms with van der Waals surface area (Å²) in [5.41, 5.74) is 1.11. The van der Waals surface area contributed by atoms with Gasteiger partial charge in [-0.2, -0.15) is 0 Å². The first-order chi connectivity index (χ1) is 11.9. The van der Waals surface area contributed by atoms with Gasteiger partial charge in [0.2, 0.25) is 11.8 Å². The zero-order valence-electron chi connectivity index (χ0n) is 13.7. The minimum atomic E-state index is -1.04. The molecule has 1 aromatic rings. The van der Waals surface area contributed by atoms with E-state index in [0.29, 0.717) is 29.4 Å². The van der Waals surface area contributed by atoms with Gasteiger partial charge >= 0.3 is 0 Å². The molecule has 0 radical (unpaired) electrons. The number of carbonyl (C=O) groups is 2. The van der Waals surface area contributed by atoms with E-state index in [-0.39, 0.29) is 29.7 Å². The maximum Gasteiger partial charge on any atom is 0.250 e. The van der Waals surface area contributed by atoms with Crippen molar-refractivity contribution in [3.8, 4) is 0 Å². The summed E-state index contributed by atoms with van der Waals surface area (Å²) < 4.78 is 0. The van der Waals surface area contributed by atoms with E-state index in [0.717, 1.165) is 5.56 Å². The zero-order chi connectivity index (χ0) is 17.7. The molecule has 5 rings (SSSR count). The smallest absolute Gasteiger partial charge is 0.250 e. The van der Waals surface area contributed by atoms with Gasteiger partial charge in [-0.1, -0.05) is 18.2 Å². The van der Waals surface area contributed by atoms with Crippen molar-refractivity contribution in [2.24, 2.45) is 11.8 Å². The fourth-order valence-electron chi connectivity index (χ4n) is 5.45. The molecule has 3 fully saturated rings. The molecule has 3 saturated heterocycles. The number of likely N-dealkylation sites (tertiary alicyclic amines) is 1. The molecule has 25 heavy (non-hydrogen) atoms. The van der Waals surface area contributed by atoms with Crippen molar-refractivity contribution < 1.29 is 14.7 Å². The molecule has 5 atom stereocenters. The van der Waals surface area contributed by atoms with E-state index < -0.39 is 11.6 Å². The van der Waals surface area contributed by atoms with Crippen LogP contribution in [0.4, 0.5) is 5.69 Å². The molecule has 0 aromatic heterocycles. The lowest BCUT2D eigenvalue weighted by molar-refractivity contribution is -0.130. The Balaban J connectivity index is 1.80. The molecule has 1 aromatic carbocycles. The second-order valence-electron chi connectivity index (χ2n) is 7.41. The van der Waals surface area contributed by atoms with Crippen LogP contribution in [0.5, 0.6) is 0 Å². The van der Waals surface area contributed by atoms with Crippen LogP contribution in [0.15, 0.2) is 30.5 Å². The Morgan fingerprint density at radius 2 is 2.16 bits per heavy atom. The number of rotatable bonds is 0. The molecule has 1 spiro atoms. The van der Waals surface area contributed by atoms with E-state index in [1.165, 1.54) is 0 Å². The molecule has 4 aliphatic heterocycles. The van der Waals surface area contributed by atoms with Crippen LogP contribution in [0.1, 0.15) is 12.0 Å². The van der Waals surface area contributed by atoms with E-state index in [1.807, 2.05) is 4.90 Å².